The summed E-state index contributed by atoms with van der Waals surface area (Å²) >= 11 is 6.16. The maximum atomic E-state index is 11.1. The van der Waals surface area contributed by atoms with Gasteiger partial charge in [0, 0.05) is 53.9 Å². The van der Waals surface area contributed by atoms with Gasteiger partial charge in [0.1, 0.15) is 0 Å². The number of amides is 1. The fourth-order valence-corrected chi connectivity index (χ4v) is 2.97. The van der Waals surface area contributed by atoms with E-state index in [-0.39, 0.29) is 11.9 Å². The van der Waals surface area contributed by atoms with E-state index >= 15 is 0 Å². The number of hydrogen-bond acceptors (Lipinski definition) is 2. The monoisotopic (exact) mass is 277 g/mol. The molecule has 2 N–H and O–H groups in total. The van der Waals surface area contributed by atoms with Gasteiger partial charge in [-0.3, -0.25) is 4.79 Å². The lowest BCUT2D eigenvalue weighted by Crippen LogP contribution is -2.35. The van der Waals surface area contributed by atoms with Crippen molar-refractivity contribution in [2.45, 2.75) is 19.4 Å². The molecule has 1 amide bonds. The highest BCUT2D eigenvalue weighted by Crippen LogP contribution is 2.32. The van der Waals surface area contributed by atoms with Gasteiger partial charge in [-0.1, -0.05) is 11.6 Å². The molecule has 0 bridgehead atoms. The van der Waals surface area contributed by atoms with E-state index < -0.39 is 0 Å². The number of anilines is 1. The van der Waals surface area contributed by atoms with Crippen molar-refractivity contribution in [1.29, 1.82) is 0 Å². The molecule has 0 radical (unpaired) electrons. The van der Waals surface area contributed by atoms with Crippen molar-refractivity contribution < 1.29 is 4.79 Å². The molecule has 2 aromatic rings. The maximum Gasteiger partial charge on any atom is 0.217 e. The number of H-pyrrole nitrogens is 1. The van der Waals surface area contributed by atoms with Crippen LogP contribution in [0.4, 0.5) is 5.69 Å². The van der Waals surface area contributed by atoms with Crippen molar-refractivity contribution in [3.63, 3.8) is 0 Å². The average Bonchev–Trinajstić information content (AvgIpc) is 2.95. The van der Waals surface area contributed by atoms with Gasteiger partial charge in [-0.15, -0.1) is 0 Å². The summed E-state index contributed by atoms with van der Waals surface area (Å²) in [5, 5.41) is 4.88. The quantitative estimate of drug-likeness (QED) is 0.886. The highest BCUT2D eigenvalue weighted by Gasteiger charge is 2.24. The van der Waals surface area contributed by atoms with Crippen LogP contribution in [0, 0.1) is 0 Å². The number of aromatic amines is 1. The third-order valence-electron chi connectivity index (χ3n) is 3.55. The zero-order chi connectivity index (χ0) is 13.4. The number of hydrogen-bond donors (Lipinski definition) is 2. The first-order chi connectivity index (χ1) is 9.13. The van der Waals surface area contributed by atoms with Gasteiger partial charge in [-0.2, -0.15) is 0 Å². The number of carbonyl (C=O) groups excluding carboxylic acids is 1. The molecule has 3 rings (SSSR count). The number of fused-ring (bicyclic) bond motifs is 1. The van der Waals surface area contributed by atoms with Crippen molar-refractivity contribution >= 4 is 34.1 Å². The predicted molar refractivity (Wildman–Crippen MR) is 77.7 cm³/mol. The molecule has 1 aliphatic rings. The highest BCUT2D eigenvalue weighted by molar-refractivity contribution is 6.31. The van der Waals surface area contributed by atoms with Gasteiger partial charge < -0.3 is 15.2 Å². The summed E-state index contributed by atoms with van der Waals surface area (Å²) in [6.45, 7) is 3.33. The molecular formula is C14H16ClN3O. The van der Waals surface area contributed by atoms with Gasteiger partial charge in [0.2, 0.25) is 5.91 Å². The highest BCUT2D eigenvalue weighted by atomic mass is 35.5. The average molecular weight is 278 g/mol. The van der Waals surface area contributed by atoms with E-state index in [1.807, 2.05) is 18.3 Å². The Balaban J connectivity index is 1.89. The molecule has 0 spiro atoms. The van der Waals surface area contributed by atoms with E-state index in [0.29, 0.717) is 0 Å². The summed E-state index contributed by atoms with van der Waals surface area (Å²) in [6.07, 6.45) is 2.89. The van der Waals surface area contributed by atoms with E-state index in [2.05, 4.69) is 21.3 Å². The molecule has 2 heterocycles. The Labute approximate surface area is 116 Å². The lowest BCUT2D eigenvalue weighted by molar-refractivity contribution is -0.119. The van der Waals surface area contributed by atoms with Gasteiger partial charge in [0.25, 0.3) is 0 Å². The minimum atomic E-state index is 0.0322. The minimum Gasteiger partial charge on any atom is -0.369 e. The Hall–Kier alpha value is -1.68. The molecule has 1 aliphatic heterocycles. The summed E-state index contributed by atoms with van der Waals surface area (Å²) in [7, 11) is 0. The molecule has 1 atom stereocenters. The van der Waals surface area contributed by atoms with Crippen LogP contribution in [-0.2, 0) is 4.79 Å². The standard InChI is InChI=1S/C14H16ClN3O/c1-9(19)17-11-3-5-18(8-11)14-7-10(15)6-13-12(14)2-4-16-13/h2,4,6-7,11,16H,3,5,8H2,1H3,(H,17,19). The number of carbonyl (C=O) groups is 1. The van der Waals surface area contributed by atoms with Crippen LogP contribution in [-0.4, -0.2) is 30.0 Å². The smallest absolute Gasteiger partial charge is 0.217 e. The number of benzene rings is 1. The van der Waals surface area contributed by atoms with Crippen LogP contribution in [0.15, 0.2) is 24.4 Å². The lowest BCUT2D eigenvalue weighted by atomic mass is 10.2. The molecule has 5 heteroatoms. The summed E-state index contributed by atoms with van der Waals surface area (Å²) in [5.74, 6) is 0.0322. The van der Waals surface area contributed by atoms with Crippen molar-refractivity contribution in [3.05, 3.63) is 29.4 Å². The number of nitrogens with zero attached hydrogens (tertiary/aromatic N) is 1. The third-order valence-corrected chi connectivity index (χ3v) is 3.77. The van der Waals surface area contributed by atoms with Gasteiger partial charge in [-0.25, -0.2) is 0 Å². The van der Waals surface area contributed by atoms with Crippen molar-refractivity contribution in [2.24, 2.45) is 0 Å². The van der Waals surface area contributed by atoms with Gasteiger partial charge in [0.05, 0.1) is 0 Å². The lowest BCUT2D eigenvalue weighted by Gasteiger charge is -2.20. The predicted octanol–water partition coefficient (Wildman–Crippen LogP) is 2.54. The normalized spacial score (nSPS) is 19.1. The molecule has 0 aliphatic carbocycles. The molecule has 1 unspecified atom stereocenters. The first-order valence-electron chi connectivity index (χ1n) is 6.42. The zero-order valence-corrected chi connectivity index (χ0v) is 11.5. The summed E-state index contributed by atoms with van der Waals surface area (Å²) in [6, 6.07) is 6.22. The van der Waals surface area contributed by atoms with Crippen LogP contribution in [0.25, 0.3) is 10.9 Å². The Morgan fingerprint density at radius 2 is 2.37 bits per heavy atom. The summed E-state index contributed by atoms with van der Waals surface area (Å²) in [4.78, 5) is 16.6. The zero-order valence-electron chi connectivity index (χ0n) is 10.7. The fourth-order valence-electron chi connectivity index (χ4n) is 2.76. The van der Waals surface area contributed by atoms with Crippen molar-refractivity contribution in [2.75, 3.05) is 18.0 Å². The van der Waals surface area contributed by atoms with Crippen LogP contribution >= 0.6 is 11.6 Å². The fraction of sp³-hybridized carbons (Fsp3) is 0.357. The van der Waals surface area contributed by atoms with E-state index in [9.17, 15) is 4.79 Å². The van der Waals surface area contributed by atoms with Gasteiger partial charge in [0.15, 0.2) is 0 Å². The molecular weight excluding hydrogens is 262 g/mol. The topological polar surface area (TPSA) is 48.1 Å². The van der Waals surface area contributed by atoms with E-state index in [0.717, 1.165) is 35.7 Å². The van der Waals surface area contributed by atoms with Crippen LogP contribution in [0.5, 0.6) is 0 Å². The first kappa shape index (κ1) is 12.4. The van der Waals surface area contributed by atoms with Crippen LogP contribution < -0.4 is 10.2 Å². The Morgan fingerprint density at radius 3 is 3.16 bits per heavy atom. The number of nitrogens with one attached hydrogen (secondary N) is 2. The molecule has 1 aromatic heterocycles. The van der Waals surface area contributed by atoms with Crippen molar-refractivity contribution in [1.82, 2.24) is 10.3 Å². The second-order valence-electron chi connectivity index (χ2n) is 5.00. The van der Waals surface area contributed by atoms with Crippen LogP contribution in [0.2, 0.25) is 5.02 Å². The van der Waals surface area contributed by atoms with Crippen LogP contribution in [0.1, 0.15) is 13.3 Å². The Kier molecular flexibility index (Phi) is 3.11. The molecule has 1 saturated heterocycles. The molecule has 1 aromatic carbocycles. The molecule has 1 fully saturated rings. The number of rotatable bonds is 2. The number of halogens is 1. The maximum absolute atomic E-state index is 11.1. The molecule has 19 heavy (non-hydrogen) atoms. The van der Waals surface area contributed by atoms with Gasteiger partial charge in [-0.05, 0) is 24.6 Å². The van der Waals surface area contributed by atoms with E-state index in [1.54, 1.807) is 6.92 Å². The second-order valence-corrected chi connectivity index (χ2v) is 5.43. The Morgan fingerprint density at radius 1 is 1.53 bits per heavy atom. The largest absolute Gasteiger partial charge is 0.369 e. The van der Waals surface area contributed by atoms with Crippen molar-refractivity contribution in [3.8, 4) is 0 Å². The number of aromatic nitrogens is 1. The Bertz CT molecular complexity index is 622. The minimum absolute atomic E-state index is 0.0322. The van der Waals surface area contributed by atoms with Gasteiger partial charge >= 0.3 is 0 Å². The van der Waals surface area contributed by atoms with E-state index in [4.69, 9.17) is 11.6 Å². The summed E-state index contributed by atoms with van der Waals surface area (Å²) in [5.41, 5.74) is 2.18. The van der Waals surface area contributed by atoms with E-state index in [1.165, 1.54) is 5.39 Å². The summed E-state index contributed by atoms with van der Waals surface area (Å²) < 4.78 is 0. The SMILES string of the molecule is CC(=O)NC1CCN(c2cc(Cl)cc3[nH]ccc23)C1. The molecule has 100 valence electrons. The second kappa shape index (κ2) is 4.78. The molecule has 4 nitrogen and oxygen atoms in total. The first-order valence-corrected chi connectivity index (χ1v) is 6.80. The molecule has 0 saturated carbocycles. The van der Waals surface area contributed by atoms with Crippen LogP contribution in [0.3, 0.4) is 0 Å². The third kappa shape index (κ3) is 2.40.